The Balaban J connectivity index is 1.84. The van der Waals surface area contributed by atoms with Gasteiger partial charge < -0.3 is 10.3 Å². The Morgan fingerprint density at radius 1 is 1.27 bits per heavy atom. The summed E-state index contributed by atoms with van der Waals surface area (Å²) in [5.41, 5.74) is 0.744. The number of fused-ring (bicyclic) bond motifs is 1. The van der Waals surface area contributed by atoms with Gasteiger partial charge in [0.15, 0.2) is 4.77 Å². The summed E-state index contributed by atoms with van der Waals surface area (Å²) in [5.74, 6) is -0.203. The van der Waals surface area contributed by atoms with Gasteiger partial charge in [-0.25, -0.2) is 0 Å². The summed E-state index contributed by atoms with van der Waals surface area (Å²) in [5, 5.41) is 3.31. The number of aromatic nitrogens is 2. The number of carbonyl (C=O) groups excluding carboxylic acids is 1. The molecule has 112 valence electrons. The van der Waals surface area contributed by atoms with Crippen LogP contribution in [-0.2, 0) is 6.54 Å². The summed E-state index contributed by atoms with van der Waals surface area (Å²) in [6.45, 7) is 0.457. The molecule has 0 fully saturated rings. The van der Waals surface area contributed by atoms with Crippen LogP contribution in [0, 0.1) is 4.77 Å². The van der Waals surface area contributed by atoms with Crippen LogP contribution in [0.4, 0.5) is 0 Å². The van der Waals surface area contributed by atoms with Crippen LogP contribution in [0.25, 0.3) is 10.9 Å². The van der Waals surface area contributed by atoms with E-state index >= 15 is 0 Å². The highest BCUT2D eigenvalue weighted by atomic mass is 79.9. The van der Waals surface area contributed by atoms with Crippen LogP contribution in [0.1, 0.15) is 15.2 Å². The third kappa shape index (κ3) is 3.18. The zero-order valence-corrected chi connectivity index (χ0v) is 14.3. The van der Waals surface area contributed by atoms with Crippen molar-refractivity contribution in [2.75, 3.05) is 0 Å². The van der Waals surface area contributed by atoms with Crippen molar-refractivity contribution in [2.24, 2.45) is 0 Å². The third-order valence-corrected chi connectivity index (χ3v) is 4.88. The Morgan fingerprint density at radius 3 is 2.82 bits per heavy atom. The van der Waals surface area contributed by atoms with Crippen molar-refractivity contribution in [1.82, 2.24) is 15.3 Å². The lowest BCUT2D eigenvalue weighted by Gasteiger charge is -2.05. The molecule has 2 aromatic heterocycles. The number of halogens is 1. The highest BCUT2D eigenvalue weighted by molar-refractivity contribution is 9.11. The highest BCUT2D eigenvalue weighted by Gasteiger charge is 2.08. The second-order valence-corrected chi connectivity index (χ2v) is 7.51. The first-order valence-corrected chi connectivity index (χ1v) is 8.33. The molecule has 0 bridgehead atoms. The Bertz CT molecular complexity index is 974. The molecule has 5 nitrogen and oxygen atoms in total. The van der Waals surface area contributed by atoms with Crippen molar-refractivity contribution in [2.45, 2.75) is 6.54 Å². The lowest BCUT2D eigenvalue weighted by atomic mass is 10.1. The SMILES string of the molecule is O=C(NCc1ccc(Br)s1)c1ccc2c(=O)[nH]c(=S)[nH]c2c1. The number of aromatic amines is 2. The minimum Gasteiger partial charge on any atom is -0.347 e. The minimum absolute atomic E-state index is 0.203. The summed E-state index contributed by atoms with van der Waals surface area (Å²) in [7, 11) is 0. The molecule has 0 atom stereocenters. The summed E-state index contributed by atoms with van der Waals surface area (Å²) >= 11 is 9.89. The fourth-order valence-electron chi connectivity index (χ4n) is 2.03. The average Bonchev–Trinajstić information content (AvgIpc) is 2.89. The number of nitrogens with one attached hydrogen (secondary N) is 3. The molecule has 0 aliphatic heterocycles. The smallest absolute Gasteiger partial charge is 0.259 e. The minimum atomic E-state index is -0.269. The second kappa shape index (κ2) is 6.15. The lowest BCUT2D eigenvalue weighted by molar-refractivity contribution is 0.0951. The molecule has 0 radical (unpaired) electrons. The van der Waals surface area contributed by atoms with Gasteiger partial charge in [0.2, 0.25) is 0 Å². The van der Waals surface area contributed by atoms with Gasteiger partial charge in [-0.3, -0.25) is 14.6 Å². The van der Waals surface area contributed by atoms with E-state index in [2.05, 4.69) is 31.2 Å². The topological polar surface area (TPSA) is 77.8 Å². The molecule has 3 N–H and O–H groups in total. The van der Waals surface area contributed by atoms with Crippen LogP contribution in [0.2, 0.25) is 0 Å². The Kier molecular flexibility index (Phi) is 4.23. The van der Waals surface area contributed by atoms with Gasteiger partial charge in [0.25, 0.3) is 11.5 Å². The zero-order valence-electron chi connectivity index (χ0n) is 11.1. The molecule has 0 unspecified atom stereocenters. The molecule has 22 heavy (non-hydrogen) atoms. The maximum atomic E-state index is 12.2. The second-order valence-electron chi connectivity index (χ2n) is 4.56. The quantitative estimate of drug-likeness (QED) is 0.595. The molecule has 0 saturated heterocycles. The van der Waals surface area contributed by atoms with Gasteiger partial charge in [-0.2, -0.15) is 0 Å². The first-order valence-electron chi connectivity index (χ1n) is 6.32. The van der Waals surface area contributed by atoms with E-state index in [1.807, 2.05) is 12.1 Å². The van der Waals surface area contributed by atoms with E-state index in [4.69, 9.17) is 12.2 Å². The highest BCUT2D eigenvalue weighted by Crippen LogP contribution is 2.21. The van der Waals surface area contributed by atoms with Crippen molar-refractivity contribution in [1.29, 1.82) is 0 Å². The molecule has 1 aromatic carbocycles. The standard InChI is InChI=1S/C14H10BrN3O2S2/c15-11-4-2-8(22-11)6-16-12(19)7-1-3-9-10(5-7)17-14(21)18-13(9)20/h1-5H,6H2,(H,16,19)(H2,17,18,20,21). The van der Waals surface area contributed by atoms with Gasteiger partial charge >= 0.3 is 0 Å². The van der Waals surface area contributed by atoms with Gasteiger partial charge in [-0.15, -0.1) is 11.3 Å². The van der Waals surface area contributed by atoms with Crippen LogP contribution in [-0.4, -0.2) is 15.9 Å². The van der Waals surface area contributed by atoms with E-state index in [0.717, 1.165) is 8.66 Å². The maximum Gasteiger partial charge on any atom is 0.259 e. The van der Waals surface area contributed by atoms with Crippen molar-refractivity contribution in [3.05, 3.63) is 59.7 Å². The number of thiophene rings is 1. The molecule has 3 aromatic rings. The van der Waals surface area contributed by atoms with Gasteiger partial charge in [-0.1, -0.05) is 0 Å². The number of hydrogen-bond acceptors (Lipinski definition) is 4. The number of rotatable bonds is 3. The predicted octanol–water partition coefficient (Wildman–Crippen LogP) is 3.34. The maximum absolute atomic E-state index is 12.2. The fraction of sp³-hybridized carbons (Fsp3) is 0.0714. The zero-order chi connectivity index (χ0) is 15.7. The number of H-pyrrole nitrogens is 2. The average molecular weight is 396 g/mol. The van der Waals surface area contributed by atoms with Crippen LogP contribution >= 0.6 is 39.5 Å². The van der Waals surface area contributed by atoms with E-state index < -0.39 is 0 Å². The molecule has 1 amide bonds. The van der Waals surface area contributed by atoms with Crippen molar-refractivity contribution in [3.63, 3.8) is 0 Å². The van der Waals surface area contributed by atoms with E-state index in [9.17, 15) is 9.59 Å². The first kappa shape index (κ1) is 15.1. The lowest BCUT2D eigenvalue weighted by Crippen LogP contribution is -2.22. The predicted molar refractivity (Wildman–Crippen MR) is 92.9 cm³/mol. The van der Waals surface area contributed by atoms with E-state index in [0.29, 0.717) is 23.0 Å². The molecule has 0 spiro atoms. The number of carbonyl (C=O) groups is 1. The van der Waals surface area contributed by atoms with Crippen molar-refractivity contribution in [3.8, 4) is 0 Å². The fourth-order valence-corrected chi connectivity index (χ4v) is 3.65. The largest absolute Gasteiger partial charge is 0.347 e. The molecule has 0 aliphatic carbocycles. The van der Waals surface area contributed by atoms with Gasteiger partial charge in [-0.05, 0) is 58.5 Å². The molecule has 2 heterocycles. The normalized spacial score (nSPS) is 10.8. The van der Waals surface area contributed by atoms with E-state index in [1.165, 1.54) is 0 Å². The molecular formula is C14H10BrN3O2S2. The van der Waals surface area contributed by atoms with Crippen LogP contribution in [0.15, 0.2) is 38.9 Å². The summed E-state index contributed by atoms with van der Waals surface area (Å²) < 4.78 is 1.26. The summed E-state index contributed by atoms with van der Waals surface area (Å²) in [6.07, 6.45) is 0. The number of benzene rings is 1. The van der Waals surface area contributed by atoms with E-state index in [1.54, 1.807) is 29.5 Å². The number of amides is 1. The summed E-state index contributed by atoms with van der Waals surface area (Å²) in [6, 6.07) is 8.74. The molecule has 3 rings (SSSR count). The van der Waals surface area contributed by atoms with Crippen molar-refractivity contribution >= 4 is 56.3 Å². The Morgan fingerprint density at radius 2 is 2.09 bits per heavy atom. The molecule has 0 aliphatic rings. The Labute approximate surface area is 142 Å². The van der Waals surface area contributed by atoms with Gasteiger partial charge in [0.05, 0.1) is 21.2 Å². The van der Waals surface area contributed by atoms with Crippen LogP contribution < -0.4 is 10.9 Å². The van der Waals surface area contributed by atoms with Gasteiger partial charge in [0.1, 0.15) is 0 Å². The Hall–Kier alpha value is -1.77. The van der Waals surface area contributed by atoms with E-state index in [-0.39, 0.29) is 16.2 Å². The van der Waals surface area contributed by atoms with Crippen molar-refractivity contribution < 1.29 is 4.79 Å². The molecular weight excluding hydrogens is 386 g/mol. The first-order chi connectivity index (χ1) is 10.5. The molecule has 8 heteroatoms. The third-order valence-electron chi connectivity index (χ3n) is 3.05. The van der Waals surface area contributed by atoms with Crippen LogP contribution in [0.3, 0.4) is 0 Å². The number of hydrogen-bond donors (Lipinski definition) is 3. The van der Waals surface area contributed by atoms with Crippen LogP contribution in [0.5, 0.6) is 0 Å². The molecule has 0 saturated carbocycles. The monoisotopic (exact) mass is 395 g/mol. The summed E-state index contributed by atoms with van der Waals surface area (Å²) in [4.78, 5) is 30.4. The van der Waals surface area contributed by atoms with Gasteiger partial charge in [0, 0.05) is 10.4 Å².